The molecule has 0 saturated carbocycles. The highest BCUT2D eigenvalue weighted by Crippen LogP contribution is 2.44. The number of pyridine rings is 1. The third-order valence-electron chi connectivity index (χ3n) is 23.5. The van der Waals surface area contributed by atoms with Crippen molar-refractivity contribution in [2.75, 3.05) is 0 Å². The van der Waals surface area contributed by atoms with Crippen LogP contribution in [0.1, 0.15) is 5.56 Å². The normalized spacial score (nSPS) is 11.6. The number of fused-ring (bicyclic) bond motifs is 14. The fraction of sp³-hybridized carbons (Fsp3) is 0.00909. The molecule has 123 heavy (non-hydrogen) atoms. The van der Waals surface area contributed by atoms with Crippen LogP contribution in [0, 0.1) is 6.92 Å². The van der Waals surface area contributed by atoms with E-state index in [9.17, 15) is 0 Å². The lowest BCUT2D eigenvalue weighted by Crippen LogP contribution is -2.06. The van der Waals surface area contributed by atoms with Gasteiger partial charge in [-0.25, -0.2) is 24.9 Å². The second-order valence-electron chi connectivity index (χ2n) is 31.0. The molecule has 0 amide bonds. The average molecular weight is 1570 g/mol. The van der Waals surface area contributed by atoms with Crippen LogP contribution in [0.15, 0.2) is 413 Å². The van der Waals surface area contributed by atoms with Gasteiger partial charge in [0.2, 0.25) is 17.8 Å². The van der Waals surface area contributed by atoms with Crippen LogP contribution in [0.5, 0.6) is 0 Å². The molecule has 0 bridgehead atoms. The number of nitrogens with zero attached hydrogens (tertiary/aromatic N) is 13. The standard InChI is InChI=1S/C55H35N7.C55H36N6/c1-5-17-36(18-6-1)46-35-47(37-19-7-2-8-20-37)57-54(56-46)61-48-27-15-13-25-42(48)44-33-40(29-31-50(44)61)41-30-32-51-45(34-41)43-26-14-16-28-49(43)62(51)55-59-52(38-21-9-3-10-22-38)58-53(60-55)39-23-11-4-12-24-39;1-35-14-12-20-38(30-35)39-21-13-22-43(31-39)60-50-29-27-41(33-47(50)51-44-23-9-8-19-42(44)34-56-54(51)60)40-26-28-49-46(32-40)45-24-10-11-25-48(45)61(49)55-58-52(36-15-4-2-5-16-36)57-53(59-55)37-17-6-3-7-18-37/h1-35H;2-34H,1H3. The molecule has 16 aromatic carbocycles. The number of rotatable bonds is 13. The lowest BCUT2D eigenvalue weighted by atomic mass is 9.99. The molecule has 8 aromatic heterocycles. The van der Waals surface area contributed by atoms with E-state index in [1.54, 1.807) is 0 Å². The molecule has 24 aromatic rings. The molecule has 0 radical (unpaired) electrons. The Morgan fingerprint density at radius 1 is 0.195 bits per heavy atom. The second-order valence-corrected chi connectivity index (χ2v) is 31.0. The minimum Gasteiger partial charge on any atom is -0.294 e. The van der Waals surface area contributed by atoms with Gasteiger partial charge in [-0.3, -0.25) is 18.3 Å². The lowest BCUT2D eigenvalue weighted by Gasteiger charge is -2.12. The Balaban J connectivity index is 0.000000142. The van der Waals surface area contributed by atoms with Crippen molar-refractivity contribution in [1.82, 2.24) is 63.1 Å². The molecule has 13 heteroatoms. The molecule has 24 rings (SSSR count). The Bertz CT molecular complexity index is 7830. The first-order chi connectivity index (χ1) is 60.9. The maximum atomic E-state index is 5.22. The summed E-state index contributed by atoms with van der Waals surface area (Å²) in [6.45, 7) is 2.14. The van der Waals surface area contributed by atoms with Crippen molar-refractivity contribution in [3.8, 4) is 125 Å². The smallest absolute Gasteiger partial charge is 0.238 e. The summed E-state index contributed by atoms with van der Waals surface area (Å²) in [5, 5.41) is 11.4. The highest BCUT2D eigenvalue weighted by atomic mass is 15.2. The summed E-state index contributed by atoms with van der Waals surface area (Å²) in [5.41, 5.74) is 24.9. The lowest BCUT2D eigenvalue weighted by molar-refractivity contribution is 0.953. The van der Waals surface area contributed by atoms with Gasteiger partial charge in [0.25, 0.3) is 0 Å². The highest BCUT2D eigenvalue weighted by Gasteiger charge is 2.25. The van der Waals surface area contributed by atoms with E-state index in [1.807, 2.05) is 164 Å². The third-order valence-corrected chi connectivity index (χ3v) is 23.5. The van der Waals surface area contributed by atoms with Crippen LogP contribution in [0.2, 0.25) is 0 Å². The van der Waals surface area contributed by atoms with E-state index in [0.29, 0.717) is 41.1 Å². The van der Waals surface area contributed by atoms with Gasteiger partial charge in [-0.2, -0.15) is 19.9 Å². The molecule has 0 spiro atoms. The van der Waals surface area contributed by atoms with Crippen LogP contribution < -0.4 is 0 Å². The number of para-hydroxylation sites is 3. The summed E-state index contributed by atoms with van der Waals surface area (Å²) in [6, 6.07) is 142. The Hall–Kier alpha value is -16.8. The van der Waals surface area contributed by atoms with Crippen LogP contribution in [0.4, 0.5) is 0 Å². The van der Waals surface area contributed by atoms with Gasteiger partial charge in [0, 0.05) is 93.7 Å². The van der Waals surface area contributed by atoms with Gasteiger partial charge in [0.05, 0.1) is 50.0 Å². The van der Waals surface area contributed by atoms with Gasteiger partial charge in [-0.1, -0.05) is 327 Å². The molecule has 8 heterocycles. The van der Waals surface area contributed by atoms with Crippen LogP contribution in [-0.2, 0) is 0 Å². The molecular weight excluding hydrogens is 1500 g/mol. The van der Waals surface area contributed by atoms with Crippen molar-refractivity contribution in [2.24, 2.45) is 0 Å². The maximum absolute atomic E-state index is 5.22. The molecule has 0 unspecified atom stereocenters. The topological polar surface area (TPSA) is 136 Å². The van der Waals surface area contributed by atoms with Gasteiger partial charge in [-0.15, -0.1) is 0 Å². The van der Waals surface area contributed by atoms with Crippen LogP contribution >= 0.6 is 0 Å². The Morgan fingerprint density at radius 3 is 0.911 bits per heavy atom. The van der Waals surface area contributed by atoms with Crippen molar-refractivity contribution in [3.63, 3.8) is 0 Å². The summed E-state index contributed by atoms with van der Waals surface area (Å²) in [6.07, 6.45) is 2.00. The fourth-order valence-corrected chi connectivity index (χ4v) is 17.7. The first-order valence-electron chi connectivity index (χ1n) is 41.2. The molecule has 13 nitrogen and oxygen atoms in total. The number of aromatic nitrogens is 13. The Labute approximate surface area is 706 Å². The SMILES string of the molecule is Cc1cccc(-c2cccc(-n3c4ccc(-c5ccc6c(c5)c5ccccc5n6-c5nc(-c6ccccc6)nc(-c6ccccc6)n5)cc4c4c5ccccc5cnc43)c2)c1.c1ccc(-c2cc(-c3ccccc3)nc(-n3c4ccccc4c4cc(-c5ccc6c(c5)c5ccccc5n6-c5nc(-c6ccccc6)nc(-c6ccccc6)n5)ccc43)n2)cc1. The van der Waals surface area contributed by atoms with Gasteiger partial charge >= 0.3 is 0 Å². The first-order valence-corrected chi connectivity index (χ1v) is 41.2. The first kappa shape index (κ1) is 71.5. The van der Waals surface area contributed by atoms with E-state index in [-0.39, 0.29) is 0 Å². The van der Waals surface area contributed by atoms with Gasteiger partial charge in [-0.05, 0) is 131 Å². The summed E-state index contributed by atoms with van der Waals surface area (Å²) in [5.74, 6) is 4.27. The number of benzene rings is 16. The predicted molar refractivity (Wildman–Crippen MR) is 502 cm³/mol. The fourth-order valence-electron chi connectivity index (χ4n) is 17.7. The van der Waals surface area contributed by atoms with Crippen LogP contribution in [0.25, 0.3) is 223 Å². The highest BCUT2D eigenvalue weighted by molar-refractivity contribution is 6.21. The zero-order valence-corrected chi connectivity index (χ0v) is 66.6. The molecule has 576 valence electrons. The molecule has 0 atom stereocenters. The molecular formula is C110H71N13. The number of aryl methyl sites for hydroxylation is 1. The van der Waals surface area contributed by atoms with Crippen molar-refractivity contribution in [3.05, 3.63) is 418 Å². The third kappa shape index (κ3) is 12.8. The summed E-state index contributed by atoms with van der Waals surface area (Å²) >= 11 is 0. The van der Waals surface area contributed by atoms with Crippen molar-refractivity contribution in [1.29, 1.82) is 0 Å². The van der Waals surface area contributed by atoms with Crippen molar-refractivity contribution < 1.29 is 0 Å². The average Bonchev–Trinajstić information content (AvgIpc) is 1.58. The molecule has 0 fully saturated rings. The summed E-state index contributed by atoms with van der Waals surface area (Å²) < 4.78 is 8.86. The number of hydrogen-bond donors (Lipinski definition) is 0. The van der Waals surface area contributed by atoms with Crippen molar-refractivity contribution >= 4 is 98.1 Å². The largest absolute Gasteiger partial charge is 0.294 e. The molecule has 0 aliphatic carbocycles. The van der Waals surface area contributed by atoms with E-state index in [0.717, 1.165) is 165 Å². The minimum absolute atomic E-state index is 0.569. The minimum atomic E-state index is 0.569. The Morgan fingerprint density at radius 2 is 0.504 bits per heavy atom. The zero-order chi connectivity index (χ0) is 81.4. The molecule has 0 N–H and O–H groups in total. The monoisotopic (exact) mass is 1570 g/mol. The molecule has 0 aliphatic heterocycles. The molecule has 0 saturated heterocycles. The van der Waals surface area contributed by atoms with E-state index >= 15 is 0 Å². The van der Waals surface area contributed by atoms with Gasteiger partial charge in [0.1, 0.15) is 5.65 Å². The second kappa shape index (κ2) is 30.0. The quantitative estimate of drug-likeness (QED) is 0.111. The summed E-state index contributed by atoms with van der Waals surface area (Å²) in [4.78, 5) is 46.0. The number of hydrogen-bond acceptors (Lipinski definition) is 9. The van der Waals surface area contributed by atoms with Crippen LogP contribution in [-0.4, -0.2) is 63.1 Å². The van der Waals surface area contributed by atoms with E-state index < -0.39 is 0 Å². The van der Waals surface area contributed by atoms with Crippen molar-refractivity contribution in [2.45, 2.75) is 6.92 Å². The van der Waals surface area contributed by atoms with Gasteiger partial charge < -0.3 is 0 Å². The molecule has 0 aliphatic rings. The van der Waals surface area contributed by atoms with E-state index in [1.165, 1.54) is 22.1 Å². The van der Waals surface area contributed by atoms with E-state index in [4.69, 9.17) is 44.9 Å². The Kier molecular flexibility index (Phi) is 17.4. The summed E-state index contributed by atoms with van der Waals surface area (Å²) in [7, 11) is 0. The predicted octanol–water partition coefficient (Wildman–Crippen LogP) is 26.8. The maximum Gasteiger partial charge on any atom is 0.238 e. The zero-order valence-electron chi connectivity index (χ0n) is 66.6. The van der Waals surface area contributed by atoms with E-state index in [2.05, 4.69) is 274 Å². The van der Waals surface area contributed by atoms with Crippen LogP contribution in [0.3, 0.4) is 0 Å². The van der Waals surface area contributed by atoms with Gasteiger partial charge in [0.15, 0.2) is 23.3 Å².